The van der Waals surface area contributed by atoms with E-state index in [1.54, 1.807) is 0 Å². The Hall–Kier alpha value is 0.570. The van der Waals surface area contributed by atoms with Gasteiger partial charge in [-0.15, -0.1) is 23.5 Å². The second-order valence-electron chi connectivity index (χ2n) is 6.36. The van der Waals surface area contributed by atoms with Crippen LogP contribution in [0.3, 0.4) is 0 Å². The van der Waals surface area contributed by atoms with Gasteiger partial charge in [0.05, 0.1) is 4.32 Å². The minimum atomic E-state index is -1.44. The van der Waals surface area contributed by atoms with E-state index in [1.807, 2.05) is 0 Å². The molecule has 1 saturated heterocycles. The van der Waals surface area contributed by atoms with E-state index >= 15 is 0 Å². The van der Waals surface area contributed by atoms with Crippen LogP contribution < -0.4 is 5.30 Å². The second kappa shape index (κ2) is 6.13. The van der Waals surface area contributed by atoms with Gasteiger partial charge in [-0.3, -0.25) is 0 Å². The van der Waals surface area contributed by atoms with E-state index in [2.05, 4.69) is 81.3 Å². The van der Waals surface area contributed by atoms with E-state index in [4.69, 9.17) is 11.8 Å². The van der Waals surface area contributed by atoms with Crippen molar-refractivity contribution in [2.75, 3.05) is 18.2 Å². The molecule has 1 atom stereocenters. The lowest BCUT2D eigenvalue weighted by atomic mass is 9.83. The average molecular weight is 331 g/mol. The van der Waals surface area contributed by atoms with Crippen molar-refractivity contribution in [1.82, 2.24) is 0 Å². The SMILES string of the molecule is CC(C)(C)C1CSC(P(C)(=S)c2ccccc2)SC1. The number of hydrogen-bond donors (Lipinski definition) is 0. The lowest BCUT2D eigenvalue weighted by Crippen LogP contribution is -2.30. The van der Waals surface area contributed by atoms with Crippen LogP contribution in [0.15, 0.2) is 30.3 Å². The summed E-state index contributed by atoms with van der Waals surface area (Å²) in [6, 6.07) is 9.32. The molecule has 0 amide bonds. The highest BCUT2D eigenvalue weighted by molar-refractivity contribution is 8.35. The Balaban J connectivity index is 2.07. The topological polar surface area (TPSA) is 0 Å². The summed E-state index contributed by atoms with van der Waals surface area (Å²) < 4.78 is 0.600. The minimum Gasteiger partial charge on any atom is -0.141 e. The van der Waals surface area contributed by atoms with Crippen molar-refractivity contribution in [1.29, 1.82) is 0 Å². The molecule has 0 bridgehead atoms. The summed E-state index contributed by atoms with van der Waals surface area (Å²) in [7, 11) is 0. The first-order valence-corrected chi connectivity index (χ1v) is 12.1. The fourth-order valence-corrected chi connectivity index (χ4v) is 11.1. The molecule has 0 aromatic heterocycles. The normalized spacial score (nSPS) is 27.8. The zero-order chi connectivity index (χ0) is 14.1. The Labute approximate surface area is 131 Å². The van der Waals surface area contributed by atoms with E-state index in [0.717, 1.165) is 5.92 Å². The van der Waals surface area contributed by atoms with Crippen LogP contribution in [0, 0.1) is 11.3 Å². The van der Waals surface area contributed by atoms with Gasteiger partial charge in [-0.1, -0.05) is 62.9 Å². The molecule has 19 heavy (non-hydrogen) atoms. The molecule has 2 rings (SSSR count). The van der Waals surface area contributed by atoms with Crippen LogP contribution in [-0.2, 0) is 11.8 Å². The summed E-state index contributed by atoms with van der Waals surface area (Å²) in [5.41, 5.74) is 0.425. The molecule has 0 N–H and O–H groups in total. The molecule has 1 aliphatic heterocycles. The number of rotatable bonds is 2. The van der Waals surface area contributed by atoms with Crippen molar-refractivity contribution < 1.29 is 0 Å². The minimum absolute atomic E-state index is 0.425. The molecule has 1 unspecified atom stereocenters. The first kappa shape index (κ1) is 15.9. The maximum atomic E-state index is 6.03. The fraction of sp³-hybridized carbons (Fsp3) is 0.600. The van der Waals surface area contributed by atoms with E-state index in [-0.39, 0.29) is 0 Å². The van der Waals surface area contributed by atoms with Crippen LogP contribution >= 0.6 is 29.6 Å². The summed E-state index contributed by atoms with van der Waals surface area (Å²) >= 11 is 10.2. The van der Waals surface area contributed by atoms with Crippen LogP contribution in [0.5, 0.6) is 0 Å². The first-order valence-electron chi connectivity index (χ1n) is 6.68. The Kier molecular flexibility index (Phi) is 5.15. The molecule has 0 spiro atoms. The van der Waals surface area contributed by atoms with Crippen LogP contribution in [0.1, 0.15) is 20.8 Å². The predicted molar refractivity (Wildman–Crippen MR) is 97.9 cm³/mol. The Bertz CT molecular complexity index is 456. The molecule has 1 aromatic carbocycles. The number of thioether (sulfide) groups is 2. The lowest BCUT2D eigenvalue weighted by molar-refractivity contribution is 0.293. The summed E-state index contributed by atoms with van der Waals surface area (Å²) in [6.07, 6.45) is 0. The molecule has 0 nitrogen and oxygen atoms in total. The Morgan fingerprint density at radius 2 is 1.63 bits per heavy atom. The maximum Gasteiger partial charge on any atom is 0.0824 e. The van der Waals surface area contributed by atoms with Crippen molar-refractivity contribution in [2.24, 2.45) is 11.3 Å². The van der Waals surface area contributed by atoms with Gasteiger partial charge in [-0.2, -0.15) is 0 Å². The standard InChI is InChI=1S/C15H23PS3/c1-15(2,3)12-10-18-14(19-11-12)16(4,17)13-8-6-5-7-9-13/h5-9,12,14H,10-11H2,1-4H3. The van der Waals surface area contributed by atoms with E-state index in [1.165, 1.54) is 16.8 Å². The Morgan fingerprint density at radius 3 is 2.11 bits per heavy atom. The second-order valence-corrected chi connectivity index (χ2v) is 14.9. The highest BCUT2D eigenvalue weighted by Crippen LogP contribution is 2.59. The largest absolute Gasteiger partial charge is 0.141 e. The molecule has 1 fully saturated rings. The molecule has 1 aromatic rings. The van der Waals surface area contributed by atoms with Crippen LogP contribution in [0.25, 0.3) is 0 Å². The van der Waals surface area contributed by atoms with Crippen LogP contribution in [-0.4, -0.2) is 22.5 Å². The van der Waals surface area contributed by atoms with Gasteiger partial charge in [0.2, 0.25) is 0 Å². The molecule has 1 heterocycles. The molecular weight excluding hydrogens is 307 g/mol. The van der Waals surface area contributed by atoms with Crippen LogP contribution in [0.4, 0.5) is 0 Å². The third kappa shape index (κ3) is 3.81. The van der Waals surface area contributed by atoms with Gasteiger partial charge in [-0.05, 0) is 34.8 Å². The molecule has 106 valence electrons. The van der Waals surface area contributed by atoms with Crippen molar-refractivity contribution >= 4 is 46.7 Å². The summed E-state index contributed by atoms with van der Waals surface area (Å²) in [5.74, 6) is 3.34. The number of hydrogen-bond acceptors (Lipinski definition) is 3. The highest BCUT2D eigenvalue weighted by Gasteiger charge is 2.35. The summed E-state index contributed by atoms with van der Waals surface area (Å²) in [5, 5.41) is 1.39. The summed E-state index contributed by atoms with van der Waals surface area (Å²) in [6.45, 7) is 9.40. The molecule has 0 radical (unpaired) electrons. The zero-order valence-electron chi connectivity index (χ0n) is 12.1. The van der Waals surface area contributed by atoms with Crippen LogP contribution in [0.2, 0.25) is 0 Å². The maximum absolute atomic E-state index is 6.03. The third-order valence-electron chi connectivity index (χ3n) is 3.78. The van der Waals surface area contributed by atoms with E-state index in [9.17, 15) is 0 Å². The number of benzene rings is 1. The van der Waals surface area contributed by atoms with Gasteiger partial charge >= 0.3 is 0 Å². The molecule has 0 aliphatic carbocycles. The van der Waals surface area contributed by atoms with Crippen molar-refractivity contribution in [2.45, 2.75) is 25.1 Å². The quantitative estimate of drug-likeness (QED) is 0.712. The van der Waals surface area contributed by atoms with Gasteiger partial charge < -0.3 is 0 Å². The monoisotopic (exact) mass is 330 g/mol. The first-order chi connectivity index (χ1) is 8.82. The van der Waals surface area contributed by atoms with Crippen molar-refractivity contribution in [3.8, 4) is 0 Å². The Morgan fingerprint density at radius 1 is 1.11 bits per heavy atom. The third-order valence-corrected chi connectivity index (χ3v) is 14.0. The molecule has 0 saturated carbocycles. The summed E-state index contributed by atoms with van der Waals surface area (Å²) in [4.78, 5) is 0. The van der Waals surface area contributed by atoms with Gasteiger partial charge in [0, 0.05) is 6.04 Å². The van der Waals surface area contributed by atoms with Gasteiger partial charge in [0.15, 0.2) is 0 Å². The average Bonchev–Trinajstić information content (AvgIpc) is 2.39. The van der Waals surface area contributed by atoms with E-state index in [0.29, 0.717) is 9.74 Å². The zero-order valence-corrected chi connectivity index (χ0v) is 15.5. The lowest BCUT2D eigenvalue weighted by Gasteiger charge is -2.39. The highest BCUT2D eigenvalue weighted by atomic mass is 32.5. The van der Waals surface area contributed by atoms with Crippen molar-refractivity contribution in [3.63, 3.8) is 0 Å². The molecule has 4 heteroatoms. The molecule has 1 aliphatic rings. The van der Waals surface area contributed by atoms with E-state index < -0.39 is 6.04 Å². The van der Waals surface area contributed by atoms with Gasteiger partial charge in [0.25, 0.3) is 0 Å². The van der Waals surface area contributed by atoms with Gasteiger partial charge in [0.1, 0.15) is 0 Å². The van der Waals surface area contributed by atoms with Gasteiger partial charge in [-0.25, -0.2) is 0 Å². The molecular formula is C15H23PS3. The fourth-order valence-electron chi connectivity index (χ4n) is 2.12. The van der Waals surface area contributed by atoms with Crippen molar-refractivity contribution in [3.05, 3.63) is 30.3 Å². The predicted octanol–water partition coefficient (Wildman–Crippen LogP) is 4.85. The smallest absolute Gasteiger partial charge is 0.0824 e.